The van der Waals surface area contributed by atoms with Gasteiger partial charge in [-0.3, -0.25) is 14.5 Å². The number of esters is 1. The summed E-state index contributed by atoms with van der Waals surface area (Å²) in [5, 5.41) is 0. The Morgan fingerprint density at radius 2 is 1.61 bits per heavy atom. The number of benzene rings is 2. The zero-order valence-corrected chi connectivity index (χ0v) is 17.0. The highest BCUT2D eigenvalue weighted by Gasteiger charge is 2.49. The van der Waals surface area contributed by atoms with Crippen molar-refractivity contribution in [3.8, 4) is 5.75 Å². The number of anilines is 1. The van der Waals surface area contributed by atoms with Crippen LogP contribution in [0, 0.1) is 17.8 Å². The molecule has 1 aliphatic carbocycles. The zero-order valence-electron chi connectivity index (χ0n) is 15.4. The third-order valence-electron chi connectivity index (χ3n) is 5.57. The summed E-state index contributed by atoms with van der Waals surface area (Å²) in [6, 6.07) is 13.4. The largest absolute Gasteiger partial charge is 0.423 e. The number of imide groups is 1. The van der Waals surface area contributed by atoms with E-state index in [0.717, 1.165) is 23.7 Å². The third kappa shape index (κ3) is 3.49. The molecule has 4 rings (SSSR count). The van der Waals surface area contributed by atoms with E-state index in [9.17, 15) is 14.4 Å². The highest BCUT2D eigenvalue weighted by Crippen LogP contribution is 2.42. The van der Waals surface area contributed by atoms with Crippen LogP contribution in [0.3, 0.4) is 0 Å². The van der Waals surface area contributed by atoms with Crippen molar-refractivity contribution in [1.29, 1.82) is 0 Å². The lowest BCUT2D eigenvalue weighted by atomic mass is 9.76. The molecule has 1 heterocycles. The zero-order chi connectivity index (χ0) is 19.8. The maximum absolute atomic E-state index is 12.8. The van der Waals surface area contributed by atoms with Crippen LogP contribution in [0.4, 0.5) is 5.69 Å². The van der Waals surface area contributed by atoms with Crippen LogP contribution in [-0.4, -0.2) is 17.8 Å². The summed E-state index contributed by atoms with van der Waals surface area (Å²) in [5.74, 6) is -0.229. The minimum absolute atomic E-state index is 0.118. The maximum atomic E-state index is 12.8. The van der Waals surface area contributed by atoms with Crippen LogP contribution in [0.5, 0.6) is 5.75 Å². The normalized spacial score (nSPS) is 24.2. The fraction of sp³-hybridized carbons (Fsp3) is 0.318. The van der Waals surface area contributed by atoms with E-state index in [-0.39, 0.29) is 23.7 Å². The van der Waals surface area contributed by atoms with E-state index in [1.54, 1.807) is 48.5 Å². The van der Waals surface area contributed by atoms with Crippen LogP contribution in [0.1, 0.15) is 36.5 Å². The average molecular weight is 442 g/mol. The van der Waals surface area contributed by atoms with Gasteiger partial charge in [0.1, 0.15) is 5.75 Å². The molecule has 0 aromatic heterocycles. The van der Waals surface area contributed by atoms with Crippen molar-refractivity contribution in [1.82, 2.24) is 0 Å². The molecule has 0 spiro atoms. The lowest BCUT2D eigenvalue weighted by Crippen LogP contribution is -2.30. The molecule has 28 heavy (non-hydrogen) atoms. The van der Waals surface area contributed by atoms with Gasteiger partial charge in [-0.2, -0.15) is 0 Å². The van der Waals surface area contributed by atoms with Gasteiger partial charge in [0.25, 0.3) is 0 Å². The van der Waals surface area contributed by atoms with Gasteiger partial charge in [0.2, 0.25) is 11.8 Å². The minimum Gasteiger partial charge on any atom is -0.423 e. The lowest BCUT2D eigenvalue weighted by Gasteiger charge is -2.25. The number of amides is 2. The topological polar surface area (TPSA) is 63.7 Å². The van der Waals surface area contributed by atoms with Crippen molar-refractivity contribution in [2.75, 3.05) is 4.90 Å². The highest BCUT2D eigenvalue weighted by molar-refractivity contribution is 9.10. The Balaban J connectivity index is 1.50. The van der Waals surface area contributed by atoms with E-state index in [2.05, 4.69) is 22.9 Å². The molecule has 144 valence electrons. The molecule has 3 atom stereocenters. The molecule has 2 aromatic rings. The Labute approximate surface area is 171 Å². The maximum Gasteiger partial charge on any atom is 0.343 e. The molecule has 0 radical (unpaired) electrons. The van der Waals surface area contributed by atoms with Gasteiger partial charge in [0.05, 0.1) is 23.1 Å². The molecule has 2 fully saturated rings. The van der Waals surface area contributed by atoms with Crippen LogP contribution in [-0.2, 0) is 9.59 Å². The second kappa shape index (κ2) is 7.51. The summed E-state index contributed by atoms with van der Waals surface area (Å²) in [6.07, 6.45) is 2.52. The van der Waals surface area contributed by atoms with Crippen molar-refractivity contribution < 1.29 is 19.1 Å². The standard InChI is InChI=1S/C22H20BrNO4/c1-13-2-11-18-19(12-13)21(26)24(20(18)25)16-7-3-14(4-8-16)22(27)28-17-9-5-15(23)6-10-17/h3-10,13,18-19H,2,11-12H2,1H3. The number of fused-ring (bicyclic) bond motifs is 1. The Bertz CT molecular complexity index is 923. The fourth-order valence-corrected chi connectivity index (χ4v) is 4.32. The summed E-state index contributed by atoms with van der Waals surface area (Å²) in [4.78, 5) is 39.2. The Morgan fingerprint density at radius 3 is 2.29 bits per heavy atom. The van der Waals surface area contributed by atoms with Crippen molar-refractivity contribution >= 4 is 39.4 Å². The first-order valence-corrected chi connectivity index (χ1v) is 10.2. The molecule has 2 aliphatic rings. The Hall–Kier alpha value is -2.47. The number of nitrogens with zero attached hydrogens (tertiary/aromatic N) is 1. The summed E-state index contributed by atoms with van der Waals surface area (Å²) >= 11 is 3.33. The number of ether oxygens (including phenoxy) is 1. The van der Waals surface area contributed by atoms with Gasteiger partial charge in [0.15, 0.2) is 0 Å². The SMILES string of the molecule is CC1CCC2C(=O)N(c3ccc(C(=O)Oc4ccc(Br)cc4)cc3)C(=O)C2C1. The lowest BCUT2D eigenvalue weighted by molar-refractivity contribution is -0.122. The van der Waals surface area contributed by atoms with Gasteiger partial charge in [-0.05, 0) is 73.7 Å². The Kier molecular flexibility index (Phi) is 5.06. The van der Waals surface area contributed by atoms with Crippen LogP contribution >= 0.6 is 15.9 Å². The molecule has 5 nitrogen and oxygen atoms in total. The van der Waals surface area contributed by atoms with Crippen molar-refractivity contribution in [2.24, 2.45) is 17.8 Å². The highest BCUT2D eigenvalue weighted by atomic mass is 79.9. The number of hydrogen-bond donors (Lipinski definition) is 0. The van der Waals surface area contributed by atoms with E-state index >= 15 is 0 Å². The molecule has 6 heteroatoms. The van der Waals surface area contributed by atoms with Crippen molar-refractivity contribution in [3.05, 3.63) is 58.6 Å². The molecule has 1 saturated carbocycles. The molecule has 1 saturated heterocycles. The summed E-state index contributed by atoms with van der Waals surface area (Å²) in [5.41, 5.74) is 0.869. The molecule has 1 aliphatic heterocycles. The Morgan fingerprint density at radius 1 is 0.964 bits per heavy atom. The first-order valence-electron chi connectivity index (χ1n) is 9.39. The smallest absolute Gasteiger partial charge is 0.343 e. The number of carbonyl (C=O) groups is 3. The van der Waals surface area contributed by atoms with Crippen LogP contribution in [0.15, 0.2) is 53.0 Å². The predicted molar refractivity (Wildman–Crippen MR) is 108 cm³/mol. The molecular weight excluding hydrogens is 422 g/mol. The number of halogens is 1. The van der Waals surface area contributed by atoms with E-state index < -0.39 is 5.97 Å². The predicted octanol–water partition coefficient (Wildman–Crippen LogP) is 4.59. The second-order valence-electron chi connectivity index (χ2n) is 7.53. The molecule has 0 N–H and O–H groups in total. The minimum atomic E-state index is -0.490. The molecule has 2 aromatic carbocycles. The molecule has 2 amide bonds. The molecular formula is C22H20BrNO4. The van der Waals surface area contributed by atoms with Gasteiger partial charge in [-0.1, -0.05) is 22.9 Å². The number of carbonyl (C=O) groups excluding carboxylic acids is 3. The van der Waals surface area contributed by atoms with Gasteiger partial charge in [0, 0.05) is 4.47 Å². The summed E-state index contributed by atoms with van der Waals surface area (Å²) in [6.45, 7) is 2.13. The van der Waals surface area contributed by atoms with Crippen LogP contribution in [0.2, 0.25) is 0 Å². The van der Waals surface area contributed by atoms with Gasteiger partial charge in [-0.25, -0.2) is 4.79 Å². The van der Waals surface area contributed by atoms with E-state index in [1.165, 1.54) is 4.90 Å². The number of hydrogen-bond acceptors (Lipinski definition) is 4. The first-order chi connectivity index (χ1) is 13.4. The second-order valence-corrected chi connectivity index (χ2v) is 8.45. The van der Waals surface area contributed by atoms with Gasteiger partial charge in [-0.15, -0.1) is 0 Å². The van der Waals surface area contributed by atoms with Gasteiger partial charge >= 0.3 is 5.97 Å². The molecule has 3 unspecified atom stereocenters. The molecule has 0 bridgehead atoms. The quantitative estimate of drug-likeness (QED) is 0.396. The first kappa shape index (κ1) is 18.9. The van der Waals surface area contributed by atoms with E-state index in [0.29, 0.717) is 22.9 Å². The van der Waals surface area contributed by atoms with Gasteiger partial charge < -0.3 is 4.74 Å². The van der Waals surface area contributed by atoms with Crippen molar-refractivity contribution in [3.63, 3.8) is 0 Å². The average Bonchev–Trinajstić information content (AvgIpc) is 2.93. The van der Waals surface area contributed by atoms with Crippen LogP contribution < -0.4 is 9.64 Å². The monoisotopic (exact) mass is 441 g/mol. The summed E-state index contributed by atoms with van der Waals surface area (Å²) < 4.78 is 6.24. The number of rotatable bonds is 3. The van der Waals surface area contributed by atoms with E-state index in [4.69, 9.17) is 4.74 Å². The van der Waals surface area contributed by atoms with E-state index in [1.807, 2.05) is 0 Å². The fourth-order valence-electron chi connectivity index (χ4n) is 4.06. The van der Waals surface area contributed by atoms with Crippen molar-refractivity contribution in [2.45, 2.75) is 26.2 Å². The van der Waals surface area contributed by atoms with Crippen LogP contribution in [0.25, 0.3) is 0 Å². The summed E-state index contributed by atoms with van der Waals surface area (Å²) in [7, 11) is 0. The third-order valence-corrected chi connectivity index (χ3v) is 6.10.